The summed E-state index contributed by atoms with van der Waals surface area (Å²) in [6.45, 7) is 0. The summed E-state index contributed by atoms with van der Waals surface area (Å²) in [4.78, 5) is -0.597. The van der Waals surface area contributed by atoms with Gasteiger partial charge >= 0.3 is 6.18 Å². The molecule has 3 N–H and O–H groups in total. The smallest absolute Gasteiger partial charge is 0.383 e. The first kappa shape index (κ1) is 12.6. The summed E-state index contributed by atoms with van der Waals surface area (Å²) in [6, 6.07) is 9.57. The molecule has 0 unspecified atom stereocenters. The fraction of sp³-hybridized carbons (Fsp3) is 0.0833. The lowest BCUT2D eigenvalue weighted by Gasteiger charge is -2.07. The van der Waals surface area contributed by atoms with Gasteiger partial charge in [0.2, 0.25) is 0 Å². The van der Waals surface area contributed by atoms with Crippen LogP contribution in [0.2, 0.25) is 0 Å². The van der Waals surface area contributed by atoms with Gasteiger partial charge in [-0.15, -0.1) is 11.3 Å². The van der Waals surface area contributed by atoms with Gasteiger partial charge in [-0.05, 0) is 11.6 Å². The molecule has 0 saturated carbocycles. The maximum Gasteiger partial charge on any atom is 0.426 e. The predicted molar refractivity (Wildman–Crippen MR) is 65.8 cm³/mol. The highest BCUT2D eigenvalue weighted by molar-refractivity contribution is 7.14. The second kappa shape index (κ2) is 4.45. The Labute approximate surface area is 105 Å². The van der Waals surface area contributed by atoms with Crippen molar-refractivity contribution in [2.45, 2.75) is 6.18 Å². The van der Waals surface area contributed by atoms with Crippen LogP contribution in [0.3, 0.4) is 0 Å². The van der Waals surface area contributed by atoms with E-state index in [4.69, 9.17) is 11.1 Å². The molecular weight excluding hydrogens is 261 g/mol. The summed E-state index contributed by atoms with van der Waals surface area (Å²) in [5.41, 5.74) is 5.78. The number of hydrogen-bond donors (Lipinski definition) is 2. The van der Waals surface area contributed by atoms with Crippen molar-refractivity contribution in [2.24, 2.45) is 5.73 Å². The fourth-order valence-electron chi connectivity index (χ4n) is 1.57. The van der Waals surface area contributed by atoms with Crippen LogP contribution in [-0.4, -0.2) is 5.84 Å². The Morgan fingerprint density at radius 3 is 2.28 bits per heavy atom. The lowest BCUT2D eigenvalue weighted by atomic mass is 10.1. The molecule has 0 amide bonds. The Morgan fingerprint density at radius 1 is 1.17 bits per heavy atom. The average Bonchev–Trinajstić information content (AvgIpc) is 2.74. The molecule has 2 rings (SSSR count). The number of rotatable bonds is 2. The predicted octanol–water partition coefficient (Wildman–Crippen LogP) is 3.72. The van der Waals surface area contributed by atoms with E-state index in [1.54, 1.807) is 30.3 Å². The molecule has 1 aromatic heterocycles. The molecule has 2 aromatic rings. The van der Waals surface area contributed by atoms with Crippen molar-refractivity contribution >= 4 is 17.2 Å². The van der Waals surface area contributed by atoms with Crippen molar-refractivity contribution in [1.29, 1.82) is 5.41 Å². The van der Waals surface area contributed by atoms with Gasteiger partial charge in [-0.2, -0.15) is 13.2 Å². The quantitative estimate of drug-likeness (QED) is 0.634. The summed E-state index contributed by atoms with van der Waals surface area (Å²) in [5, 5.41) is 7.23. The van der Waals surface area contributed by atoms with Crippen molar-refractivity contribution in [1.82, 2.24) is 0 Å². The maximum absolute atomic E-state index is 12.9. The summed E-state index contributed by atoms with van der Waals surface area (Å²) >= 11 is 0.495. The monoisotopic (exact) mass is 270 g/mol. The van der Waals surface area contributed by atoms with E-state index in [2.05, 4.69) is 0 Å². The molecule has 0 aliphatic heterocycles. The van der Waals surface area contributed by atoms with Crippen molar-refractivity contribution in [2.75, 3.05) is 0 Å². The molecule has 0 saturated heterocycles. The lowest BCUT2D eigenvalue weighted by Crippen LogP contribution is -2.08. The molecule has 2 nitrogen and oxygen atoms in total. The third kappa shape index (κ3) is 2.38. The molecule has 0 fully saturated rings. The second-order valence-electron chi connectivity index (χ2n) is 3.63. The first-order chi connectivity index (χ1) is 8.39. The van der Waals surface area contributed by atoms with E-state index in [-0.39, 0.29) is 16.3 Å². The van der Waals surface area contributed by atoms with Crippen LogP contribution < -0.4 is 5.73 Å². The molecule has 1 aromatic carbocycles. The molecule has 0 radical (unpaired) electrons. The normalized spacial score (nSPS) is 11.5. The van der Waals surface area contributed by atoms with E-state index in [0.29, 0.717) is 16.9 Å². The van der Waals surface area contributed by atoms with Crippen molar-refractivity contribution < 1.29 is 13.2 Å². The number of nitrogens with one attached hydrogen (secondary N) is 1. The molecule has 0 aliphatic rings. The van der Waals surface area contributed by atoms with E-state index in [1.165, 1.54) is 6.07 Å². The second-order valence-corrected chi connectivity index (χ2v) is 4.68. The number of alkyl halides is 3. The van der Waals surface area contributed by atoms with E-state index >= 15 is 0 Å². The lowest BCUT2D eigenvalue weighted by molar-refractivity contribution is -0.133. The number of amidine groups is 1. The number of halogens is 3. The van der Waals surface area contributed by atoms with Crippen molar-refractivity contribution in [3.63, 3.8) is 0 Å². The van der Waals surface area contributed by atoms with Crippen molar-refractivity contribution in [3.05, 3.63) is 46.2 Å². The van der Waals surface area contributed by atoms with Crippen LogP contribution in [0.25, 0.3) is 11.1 Å². The first-order valence-electron chi connectivity index (χ1n) is 5.00. The van der Waals surface area contributed by atoms with Gasteiger partial charge in [-0.3, -0.25) is 5.41 Å². The fourth-order valence-corrected chi connectivity index (χ4v) is 2.48. The van der Waals surface area contributed by atoms with Gasteiger partial charge in [0.25, 0.3) is 0 Å². The third-order valence-electron chi connectivity index (χ3n) is 2.34. The van der Waals surface area contributed by atoms with Crippen LogP contribution >= 0.6 is 11.3 Å². The molecule has 18 heavy (non-hydrogen) atoms. The molecule has 0 aliphatic carbocycles. The highest BCUT2D eigenvalue weighted by Gasteiger charge is 2.36. The van der Waals surface area contributed by atoms with E-state index in [9.17, 15) is 13.2 Å². The molecule has 0 atom stereocenters. The number of nitrogens with two attached hydrogens (primary N) is 1. The molecular formula is C12H9F3N2S. The van der Waals surface area contributed by atoms with E-state index in [0.717, 1.165) is 0 Å². The summed E-state index contributed by atoms with van der Waals surface area (Å²) in [5.74, 6) is -0.354. The van der Waals surface area contributed by atoms with Crippen molar-refractivity contribution in [3.8, 4) is 11.1 Å². The van der Waals surface area contributed by atoms with Crippen LogP contribution in [-0.2, 0) is 6.18 Å². The number of hydrogen-bond acceptors (Lipinski definition) is 2. The highest BCUT2D eigenvalue weighted by atomic mass is 32.1. The Kier molecular flexibility index (Phi) is 3.13. The summed E-state index contributed by atoms with van der Waals surface area (Å²) < 4.78 is 38.7. The minimum atomic E-state index is -4.44. The van der Waals surface area contributed by atoms with Crippen LogP contribution in [0.15, 0.2) is 36.4 Å². The third-order valence-corrected chi connectivity index (χ3v) is 3.55. The number of thiophene rings is 1. The van der Waals surface area contributed by atoms with Gasteiger partial charge in [0.15, 0.2) is 0 Å². The minimum absolute atomic E-state index is 0.0679. The zero-order valence-electron chi connectivity index (χ0n) is 9.08. The zero-order chi connectivity index (χ0) is 13.3. The van der Waals surface area contributed by atoms with Crippen LogP contribution in [0.4, 0.5) is 13.2 Å². The topological polar surface area (TPSA) is 49.9 Å². The number of benzene rings is 1. The van der Waals surface area contributed by atoms with E-state index in [1.807, 2.05) is 0 Å². The Balaban J connectivity index is 2.62. The van der Waals surface area contributed by atoms with Gasteiger partial charge in [-0.25, -0.2) is 0 Å². The molecule has 94 valence electrons. The largest absolute Gasteiger partial charge is 0.426 e. The average molecular weight is 270 g/mol. The highest BCUT2D eigenvalue weighted by Crippen LogP contribution is 2.42. The molecule has 1 heterocycles. The van der Waals surface area contributed by atoms with Gasteiger partial charge in [0.05, 0.1) is 4.88 Å². The van der Waals surface area contributed by atoms with Crippen LogP contribution in [0.5, 0.6) is 0 Å². The SMILES string of the molecule is N=C(N)c1cc(-c2ccccc2)c(C(F)(F)F)s1. The van der Waals surface area contributed by atoms with Gasteiger partial charge in [0, 0.05) is 5.56 Å². The van der Waals surface area contributed by atoms with Crippen LogP contribution in [0.1, 0.15) is 9.75 Å². The van der Waals surface area contributed by atoms with Gasteiger partial charge < -0.3 is 5.73 Å². The Morgan fingerprint density at radius 2 is 1.78 bits per heavy atom. The van der Waals surface area contributed by atoms with Crippen LogP contribution in [0, 0.1) is 5.41 Å². The molecule has 0 bridgehead atoms. The van der Waals surface area contributed by atoms with Gasteiger partial charge in [-0.1, -0.05) is 30.3 Å². The maximum atomic E-state index is 12.9. The Bertz CT molecular complexity index is 573. The van der Waals surface area contributed by atoms with E-state index < -0.39 is 11.1 Å². The van der Waals surface area contributed by atoms with Gasteiger partial charge in [0.1, 0.15) is 10.7 Å². The molecule has 6 heteroatoms. The number of nitrogen functional groups attached to an aromatic ring is 1. The zero-order valence-corrected chi connectivity index (χ0v) is 9.90. The Hall–Kier alpha value is -1.82. The summed E-state index contributed by atoms with van der Waals surface area (Å²) in [6.07, 6.45) is -4.44. The first-order valence-corrected chi connectivity index (χ1v) is 5.82. The minimum Gasteiger partial charge on any atom is -0.383 e. The summed E-state index contributed by atoms with van der Waals surface area (Å²) in [7, 11) is 0. The standard InChI is InChI=1S/C12H9F3N2S/c13-12(14,15)10-8(6-9(18-10)11(16)17)7-4-2-1-3-5-7/h1-6H,(H3,16,17). The molecule has 0 spiro atoms.